The highest BCUT2D eigenvalue weighted by Crippen LogP contribution is 2.35. The molecule has 32 heavy (non-hydrogen) atoms. The normalized spacial score (nSPS) is 15.6. The molecule has 168 valence electrons. The molecule has 4 nitrogen and oxygen atoms in total. The van der Waals surface area contributed by atoms with Crippen LogP contribution in [0.2, 0.25) is 0 Å². The van der Waals surface area contributed by atoms with Crippen LogP contribution in [0.4, 0.5) is 0 Å². The Morgan fingerprint density at radius 1 is 1.00 bits per heavy atom. The molecule has 1 amide bonds. The van der Waals surface area contributed by atoms with Crippen LogP contribution in [0, 0.1) is 5.92 Å². The Bertz CT molecular complexity index is 1050. The largest absolute Gasteiger partial charge is 0.342 e. The number of hydrogen-bond donors (Lipinski definition) is 0. The zero-order chi connectivity index (χ0) is 22.7. The summed E-state index contributed by atoms with van der Waals surface area (Å²) in [6.45, 7) is 4.09. The average Bonchev–Trinajstić information content (AvgIpc) is 3.17. The summed E-state index contributed by atoms with van der Waals surface area (Å²) < 4.78 is 2.41. The molecule has 1 aromatic heterocycles. The molecular weight excluding hydrogens is 394 g/mol. The van der Waals surface area contributed by atoms with E-state index in [0.717, 1.165) is 49.5 Å². The fourth-order valence-electron chi connectivity index (χ4n) is 4.73. The van der Waals surface area contributed by atoms with Crippen molar-refractivity contribution in [3.05, 3.63) is 77.5 Å². The van der Waals surface area contributed by atoms with Crippen LogP contribution in [0.15, 0.2) is 60.7 Å². The number of aromatic nitrogens is 1. The van der Waals surface area contributed by atoms with Crippen molar-refractivity contribution < 1.29 is 4.79 Å². The Labute approximate surface area is 192 Å². The highest BCUT2D eigenvalue weighted by atomic mass is 16.2. The van der Waals surface area contributed by atoms with Crippen molar-refractivity contribution in [2.75, 3.05) is 34.2 Å². The molecule has 3 aromatic rings. The van der Waals surface area contributed by atoms with Gasteiger partial charge >= 0.3 is 0 Å². The third-order valence-electron chi connectivity index (χ3n) is 6.52. The summed E-state index contributed by atoms with van der Waals surface area (Å²) in [5.74, 6) is 0.812. The summed E-state index contributed by atoms with van der Waals surface area (Å²) in [4.78, 5) is 16.9. The molecule has 0 saturated carbocycles. The number of benzene rings is 2. The quantitative estimate of drug-likeness (QED) is 0.510. The Balaban J connectivity index is 1.62. The van der Waals surface area contributed by atoms with Gasteiger partial charge in [0.1, 0.15) is 0 Å². The van der Waals surface area contributed by atoms with Gasteiger partial charge in [0.2, 0.25) is 0 Å². The number of rotatable bonds is 7. The fraction of sp³-hybridized carbons (Fsp3) is 0.393. The summed E-state index contributed by atoms with van der Waals surface area (Å²) in [7, 11) is 6.01. The van der Waals surface area contributed by atoms with E-state index in [1.165, 1.54) is 28.9 Å². The molecule has 0 saturated heterocycles. The molecule has 1 heterocycles. The number of amides is 1. The summed E-state index contributed by atoms with van der Waals surface area (Å²) in [6.07, 6.45) is 4.43. The van der Waals surface area contributed by atoms with Crippen LogP contribution in [0.25, 0.3) is 16.9 Å². The fourth-order valence-corrected chi connectivity index (χ4v) is 4.73. The molecule has 2 aromatic carbocycles. The van der Waals surface area contributed by atoms with Gasteiger partial charge in [-0.3, -0.25) is 4.79 Å². The van der Waals surface area contributed by atoms with E-state index in [4.69, 9.17) is 0 Å². The molecule has 4 heteroatoms. The van der Waals surface area contributed by atoms with Crippen molar-refractivity contribution in [3.8, 4) is 16.9 Å². The molecule has 1 aliphatic rings. The molecule has 4 rings (SSSR count). The highest BCUT2D eigenvalue weighted by molar-refractivity contribution is 5.94. The number of fused-ring (bicyclic) bond motifs is 1. The predicted octanol–water partition coefficient (Wildman–Crippen LogP) is 5.29. The molecule has 0 fully saturated rings. The SMILES string of the molecule is CC1CCc2c(cc(-c3ccccc3)n2-c2ccc(C(=O)N(C)CCCN(C)C)cc2)C1. The molecule has 0 radical (unpaired) electrons. The highest BCUT2D eigenvalue weighted by Gasteiger charge is 2.23. The third kappa shape index (κ3) is 4.81. The number of nitrogens with zero attached hydrogens (tertiary/aromatic N) is 3. The van der Waals surface area contributed by atoms with E-state index in [1.807, 2.05) is 24.1 Å². The van der Waals surface area contributed by atoms with Gasteiger partial charge in [-0.15, -0.1) is 0 Å². The Kier molecular flexibility index (Phi) is 6.80. The Hall–Kier alpha value is -2.85. The average molecular weight is 430 g/mol. The van der Waals surface area contributed by atoms with Crippen LogP contribution < -0.4 is 0 Å². The van der Waals surface area contributed by atoms with E-state index in [-0.39, 0.29) is 5.91 Å². The van der Waals surface area contributed by atoms with Gasteiger partial charge in [-0.1, -0.05) is 37.3 Å². The minimum absolute atomic E-state index is 0.0851. The van der Waals surface area contributed by atoms with E-state index >= 15 is 0 Å². The zero-order valence-corrected chi connectivity index (χ0v) is 19.8. The second-order valence-corrected chi connectivity index (χ2v) is 9.48. The lowest BCUT2D eigenvalue weighted by molar-refractivity contribution is 0.0790. The monoisotopic (exact) mass is 429 g/mol. The molecule has 1 unspecified atom stereocenters. The maximum Gasteiger partial charge on any atom is 0.253 e. The van der Waals surface area contributed by atoms with E-state index in [2.05, 4.69) is 79.0 Å². The van der Waals surface area contributed by atoms with Gasteiger partial charge < -0.3 is 14.4 Å². The zero-order valence-electron chi connectivity index (χ0n) is 19.8. The first-order chi connectivity index (χ1) is 15.4. The van der Waals surface area contributed by atoms with Gasteiger partial charge in [0.25, 0.3) is 5.91 Å². The second kappa shape index (κ2) is 9.74. The number of carbonyl (C=O) groups is 1. The lowest BCUT2D eigenvalue weighted by Crippen LogP contribution is -2.29. The van der Waals surface area contributed by atoms with Crippen molar-refractivity contribution >= 4 is 5.91 Å². The molecule has 1 atom stereocenters. The summed E-state index contributed by atoms with van der Waals surface area (Å²) in [5.41, 5.74) is 7.23. The minimum Gasteiger partial charge on any atom is -0.342 e. The van der Waals surface area contributed by atoms with Crippen molar-refractivity contribution in [2.45, 2.75) is 32.6 Å². The van der Waals surface area contributed by atoms with Crippen LogP contribution in [0.3, 0.4) is 0 Å². The molecule has 0 N–H and O–H groups in total. The third-order valence-corrected chi connectivity index (χ3v) is 6.52. The van der Waals surface area contributed by atoms with Crippen LogP contribution in [0.1, 0.15) is 41.4 Å². The molecule has 0 bridgehead atoms. The van der Waals surface area contributed by atoms with Crippen LogP contribution >= 0.6 is 0 Å². The van der Waals surface area contributed by atoms with Crippen molar-refractivity contribution in [2.24, 2.45) is 5.92 Å². The first kappa shape index (κ1) is 22.3. The Morgan fingerprint density at radius 2 is 1.72 bits per heavy atom. The second-order valence-electron chi connectivity index (χ2n) is 9.48. The van der Waals surface area contributed by atoms with Gasteiger partial charge in [-0.05, 0) is 93.7 Å². The van der Waals surface area contributed by atoms with Gasteiger partial charge in [-0.2, -0.15) is 0 Å². The first-order valence-corrected chi connectivity index (χ1v) is 11.7. The van der Waals surface area contributed by atoms with E-state index < -0.39 is 0 Å². The summed E-state index contributed by atoms with van der Waals surface area (Å²) in [5, 5.41) is 0. The van der Waals surface area contributed by atoms with Crippen LogP contribution in [0.5, 0.6) is 0 Å². The van der Waals surface area contributed by atoms with Crippen molar-refractivity contribution in [1.29, 1.82) is 0 Å². The van der Waals surface area contributed by atoms with E-state index in [9.17, 15) is 4.79 Å². The first-order valence-electron chi connectivity index (χ1n) is 11.7. The lowest BCUT2D eigenvalue weighted by Gasteiger charge is -2.22. The van der Waals surface area contributed by atoms with E-state index in [1.54, 1.807) is 0 Å². The number of carbonyl (C=O) groups excluding carboxylic acids is 1. The smallest absolute Gasteiger partial charge is 0.253 e. The van der Waals surface area contributed by atoms with E-state index in [0.29, 0.717) is 0 Å². The predicted molar refractivity (Wildman–Crippen MR) is 133 cm³/mol. The van der Waals surface area contributed by atoms with Gasteiger partial charge in [0.15, 0.2) is 0 Å². The molecule has 0 aliphatic heterocycles. The summed E-state index contributed by atoms with van der Waals surface area (Å²) in [6, 6.07) is 21.2. The molecule has 1 aliphatic carbocycles. The van der Waals surface area contributed by atoms with Crippen molar-refractivity contribution in [1.82, 2.24) is 14.4 Å². The molecular formula is C28H35N3O. The maximum atomic E-state index is 12.9. The van der Waals surface area contributed by atoms with Gasteiger partial charge in [0.05, 0.1) is 5.69 Å². The number of hydrogen-bond acceptors (Lipinski definition) is 2. The Morgan fingerprint density at radius 3 is 2.41 bits per heavy atom. The summed E-state index contributed by atoms with van der Waals surface area (Å²) >= 11 is 0. The molecule has 0 spiro atoms. The van der Waals surface area contributed by atoms with Crippen LogP contribution in [-0.4, -0.2) is 54.5 Å². The topological polar surface area (TPSA) is 28.5 Å². The minimum atomic E-state index is 0.0851. The lowest BCUT2D eigenvalue weighted by atomic mass is 9.89. The van der Waals surface area contributed by atoms with Gasteiger partial charge in [-0.25, -0.2) is 0 Å². The van der Waals surface area contributed by atoms with Gasteiger partial charge in [0, 0.05) is 30.5 Å². The van der Waals surface area contributed by atoms with Crippen LogP contribution in [-0.2, 0) is 12.8 Å². The standard InChI is InChI=1S/C28H35N3O/c1-21-11-16-26-24(19-21)20-27(22-9-6-5-7-10-22)31(26)25-14-12-23(13-15-25)28(32)30(4)18-8-17-29(2)3/h5-7,9-10,12-15,20-21H,8,11,16-19H2,1-4H3. The van der Waals surface area contributed by atoms with Crippen molar-refractivity contribution in [3.63, 3.8) is 0 Å². The maximum absolute atomic E-state index is 12.9.